The van der Waals surface area contributed by atoms with Gasteiger partial charge in [0.15, 0.2) is 5.76 Å². The molecule has 162 valence electrons. The highest BCUT2D eigenvalue weighted by Gasteiger charge is 2.42. The molecule has 2 aromatic rings. The first-order chi connectivity index (χ1) is 15.0. The van der Waals surface area contributed by atoms with Crippen molar-refractivity contribution in [1.29, 1.82) is 0 Å². The highest BCUT2D eigenvalue weighted by atomic mass is 79.9. The van der Waals surface area contributed by atoms with Crippen LogP contribution < -0.4 is 5.32 Å². The maximum Gasteiger partial charge on any atom is 0.289 e. The topological polar surface area (TPSA) is 58.6 Å². The van der Waals surface area contributed by atoms with Gasteiger partial charge in [0.25, 0.3) is 5.91 Å². The molecule has 2 aliphatic rings. The van der Waals surface area contributed by atoms with Gasteiger partial charge in [-0.1, -0.05) is 70.3 Å². The van der Waals surface area contributed by atoms with Gasteiger partial charge in [0.05, 0.1) is 6.04 Å². The van der Waals surface area contributed by atoms with E-state index in [2.05, 4.69) is 21.2 Å². The molecule has 5 nitrogen and oxygen atoms in total. The van der Waals surface area contributed by atoms with E-state index >= 15 is 0 Å². The molecule has 2 aromatic carbocycles. The molecule has 0 spiro atoms. The molecule has 0 aromatic heterocycles. The van der Waals surface area contributed by atoms with E-state index in [1.54, 1.807) is 17.0 Å². The lowest BCUT2D eigenvalue weighted by Crippen LogP contribution is -2.57. The lowest BCUT2D eigenvalue weighted by molar-refractivity contribution is -0.151. The number of carbonyl (C=O) groups excluding carboxylic acids is 2. The van der Waals surface area contributed by atoms with E-state index in [-0.39, 0.29) is 36.3 Å². The van der Waals surface area contributed by atoms with Gasteiger partial charge in [0.2, 0.25) is 5.91 Å². The summed E-state index contributed by atoms with van der Waals surface area (Å²) < 4.78 is 7.00. The second kappa shape index (κ2) is 9.88. The highest BCUT2D eigenvalue weighted by Crippen LogP contribution is 2.33. The number of amides is 2. The van der Waals surface area contributed by atoms with Crippen LogP contribution in [0, 0.1) is 0 Å². The molecule has 7 heteroatoms. The van der Waals surface area contributed by atoms with Gasteiger partial charge in [-0.05, 0) is 48.6 Å². The third-order valence-corrected chi connectivity index (χ3v) is 6.85. The third-order valence-electron chi connectivity index (χ3n) is 5.76. The minimum atomic E-state index is -0.244. The first-order valence-corrected chi connectivity index (χ1v) is 11.6. The molecule has 31 heavy (non-hydrogen) atoms. The Morgan fingerprint density at radius 3 is 2.71 bits per heavy atom. The Kier molecular flexibility index (Phi) is 6.98. The Balaban J connectivity index is 1.51. The molecule has 0 bridgehead atoms. The highest BCUT2D eigenvalue weighted by molar-refractivity contribution is 9.10. The summed E-state index contributed by atoms with van der Waals surface area (Å²) in [4.78, 5) is 27.7. The molecule has 4 rings (SSSR count). The molecule has 2 amide bonds. The SMILES string of the molecule is O=C(CN1C(=O)/C(=C\c2ccccc2Br)OC2CCCCC21)NCc1ccccc1Cl. The standard InChI is InChI=1S/C24H24BrClN2O3/c25-18-9-3-1-7-16(18)13-22-24(30)28(20-11-5-6-12-21(20)31-22)15-23(29)27-14-17-8-2-4-10-19(17)26/h1-4,7-10,13,20-21H,5-6,11-12,14-15H2,(H,27,29)/b22-13+. The summed E-state index contributed by atoms with van der Waals surface area (Å²) in [6, 6.07) is 15.0. The Hall–Kier alpha value is -2.31. The summed E-state index contributed by atoms with van der Waals surface area (Å²) in [5.74, 6) is -0.166. The molecule has 2 atom stereocenters. The minimum absolute atomic E-state index is 0.00110. The van der Waals surface area contributed by atoms with Crippen molar-refractivity contribution in [3.63, 3.8) is 0 Å². The Morgan fingerprint density at radius 2 is 1.90 bits per heavy atom. The molecular formula is C24H24BrClN2O3. The number of rotatable bonds is 5. The van der Waals surface area contributed by atoms with Crippen molar-refractivity contribution in [3.05, 3.63) is 74.9 Å². The fourth-order valence-electron chi connectivity index (χ4n) is 4.14. The number of halogens is 2. The maximum absolute atomic E-state index is 13.3. The van der Waals surface area contributed by atoms with Crippen LogP contribution in [0.3, 0.4) is 0 Å². The average molecular weight is 504 g/mol. The molecule has 0 radical (unpaired) electrons. The van der Waals surface area contributed by atoms with E-state index in [1.807, 2.05) is 42.5 Å². The first kappa shape index (κ1) is 21.9. The molecule has 2 fully saturated rings. The Labute approximate surface area is 195 Å². The summed E-state index contributed by atoms with van der Waals surface area (Å²) in [5.41, 5.74) is 1.71. The Morgan fingerprint density at radius 1 is 1.16 bits per heavy atom. The van der Waals surface area contributed by atoms with Crippen LogP contribution in [0.5, 0.6) is 0 Å². The molecule has 1 N–H and O–H groups in total. The van der Waals surface area contributed by atoms with Crippen LogP contribution in [-0.2, 0) is 20.9 Å². The fraction of sp³-hybridized carbons (Fsp3) is 0.333. The van der Waals surface area contributed by atoms with E-state index < -0.39 is 0 Å². The zero-order valence-corrected chi connectivity index (χ0v) is 19.4. The first-order valence-electron chi connectivity index (χ1n) is 10.5. The summed E-state index contributed by atoms with van der Waals surface area (Å²) in [7, 11) is 0. The maximum atomic E-state index is 13.3. The summed E-state index contributed by atoms with van der Waals surface area (Å²) in [5, 5.41) is 3.50. The summed E-state index contributed by atoms with van der Waals surface area (Å²) in [6.07, 6.45) is 5.48. The minimum Gasteiger partial charge on any atom is -0.482 e. The fourth-order valence-corrected chi connectivity index (χ4v) is 4.74. The number of ether oxygens (including phenoxy) is 1. The van der Waals surface area contributed by atoms with Crippen molar-refractivity contribution in [2.24, 2.45) is 0 Å². The van der Waals surface area contributed by atoms with Gasteiger partial charge in [-0.25, -0.2) is 0 Å². The predicted octanol–water partition coefficient (Wildman–Crippen LogP) is 4.93. The van der Waals surface area contributed by atoms with Crippen LogP contribution in [0.4, 0.5) is 0 Å². The number of hydrogen-bond acceptors (Lipinski definition) is 3. The largest absolute Gasteiger partial charge is 0.482 e. The molecule has 1 heterocycles. The van der Waals surface area contributed by atoms with Crippen LogP contribution in [0.15, 0.2) is 58.8 Å². The average Bonchev–Trinajstić information content (AvgIpc) is 2.77. The van der Waals surface area contributed by atoms with Crippen molar-refractivity contribution in [2.45, 2.75) is 44.4 Å². The summed E-state index contributed by atoms with van der Waals surface area (Å²) >= 11 is 9.70. The van der Waals surface area contributed by atoms with Crippen molar-refractivity contribution in [3.8, 4) is 0 Å². The monoisotopic (exact) mass is 502 g/mol. The van der Waals surface area contributed by atoms with Gasteiger partial charge in [-0.3, -0.25) is 9.59 Å². The van der Waals surface area contributed by atoms with Crippen LogP contribution in [0.25, 0.3) is 6.08 Å². The zero-order chi connectivity index (χ0) is 21.8. The van der Waals surface area contributed by atoms with Gasteiger partial charge >= 0.3 is 0 Å². The number of hydrogen-bond donors (Lipinski definition) is 1. The van der Waals surface area contributed by atoms with Crippen LogP contribution in [0.2, 0.25) is 5.02 Å². The normalized spacial score (nSPS) is 22.1. The third kappa shape index (κ3) is 5.13. The van der Waals surface area contributed by atoms with E-state index in [0.29, 0.717) is 11.6 Å². The van der Waals surface area contributed by atoms with Gasteiger partial charge < -0.3 is 15.0 Å². The lowest BCUT2D eigenvalue weighted by atomic mass is 9.89. The van der Waals surface area contributed by atoms with Gasteiger partial charge in [-0.2, -0.15) is 0 Å². The molecule has 1 aliphatic heterocycles. The number of benzene rings is 2. The second-order valence-electron chi connectivity index (χ2n) is 7.84. The quantitative estimate of drug-likeness (QED) is 0.589. The lowest BCUT2D eigenvalue weighted by Gasteiger charge is -2.44. The van der Waals surface area contributed by atoms with E-state index in [9.17, 15) is 9.59 Å². The van der Waals surface area contributed by atoms with E-state index in [1.165, 1.54) is 0 Å². The molecule has 2 unspecified atom stereocenters. The second-order valence-corrected chi connectivity index (χ2v) is 9.10. The zero-order valence-electron chi connectivity index (χ0n) is 17.0. The van der Waals surface area contributed by atoms with E-state index in [4.69, 9.17) is 16.3 Å². The van der Waals surface area contributed by atoms with Gasteiger partial charge in [0.1, 0.15) is 12.6 Å². The number of carbonyl (C=O) groups is 2. The van der Waals surface area contributed by atoms with Crippen LogP contribution in [-0.4, -0.2) is 35.4 Å². The van der Waals surface area contributed by atoms with Gasteiger partial charge in [-0.15, -0.1) is 0 Å². The predicted molar refractivity (Wildman–Crippen MR) is 124 cm³/mol. The number of nitrogens with one attached hydrogen (secondary N) is 1. The van der Waals surface area contributed by atoms with Crippen molar-refractivity contribution in [2.75, 3.05) is 6.54 Å². The smallest absolute Gasteiger partial charge is 0.289 e. The van der Waals surface area contributed by atoms with Crippen molar-refractivity contribution < 1.29 is 14.3 Å². The molecule has 1 saturated carbocycles. The van der Waals surface area contributed by atoms with Crippen molar-refractivity contribution in [1.82, 2.24) is 10.2 Å². The Bertz CT molecular complexity index is 1010. The molecule has 1 aliphatic carbocycles. The number of nitrogens with zero attached hydrogens (tertiary/aromatic N) is 1. The molecule has 1 saturated heterocycles. The van der Waals surface area contributed by atoms with Crippen LogP contribution >= 0.6 is 27.5 Å². The molecular weight excluding hydrogens is 480 g/mol. The summed E-state index contributed by atoms with van der Waals surface area (Å²) in [6.45, 7) is 0.325. The van der Waals surface area contributed by atoms with Crippen LogP contribution in [0.1, 0.15) is 36.8 Å². The number of morpholine rings is 1. The number of fused-ring (bicyclic) bond motifs is 1. The van der Waals surface area contributed by atoms with Crippen molar-refractivity contribution >= 4 is 45.4 Å². The van der Waals surface area contributed by atoms with E-state index in [0.717, 1.165) is 41.3 Å². The van der Waals surface area contributed by atoms with Gasteiger partial charge in [0, 0.05) is 16.0 Å².